The molecule has 0 aromatic heterocycles. The molecule has 78 valence electrons. The van der Waals surface area contributed by atoms with Gasteiger partial charge in [0.05, 0.1) is 0 Å². The summed E-state index contributed by atoms with van der Waals surface area (Å²) in [5.74, 6) is -0.347. The molecule has 0 spiro atoms. The summed E-state index contributed by atoms with van der Waals surface area (Å²) < 4.78 is 5.54. The van der Waals surface area contributed by atoms with Crippen LogP contribution >= 0.6 is 15.9 Å². The minimum absolute atomic E-state index is 0.0121. The average molecular weight is 269 g/mol. The summed E-state index contributed by atoms with van der Waals surface area (Å²) in [6, 6.07) is 6.85. The average Bonchev–Trinajstić information content (AvgIpc) is 2.25. The number of hydrogen-bond acceptors (Lipinski definition) is 2. The predicted octanol–water partition coefficient (Wildman–Crippen LogP) is 1.95. The van der Waals surface area contributed by atoms with Gasteiger partial charge in [0.15, 0.2) is 6.61 Å². The quantitative estimate of drug-likeness (QED) is 0.363. The Morgan fingerprint density at radius 1 is 1.60 bits per heavy atom. The van der Waals surface area contributed by atoms with Crippen LogP contribution in [0, 0.1) is 0 Å². The van der Waals surface area contributed by atoms with Crippen LogP contribution in [0.5, 0.6) is 0 Å². The maximum absolute atomic E-state index is 11.7. The molecule has 0 fully saturated rings. The molecular weight excluding hydrogens is 260 g/mol. The summed E-state index contributed by atoms with van der Waals surface area (Å²) in [7, 11) is 1.43. The third kappa shape index (κ3) is 3.09. The van der Waals surface area contributed by atoms with Crippen LogP contribution < -0.4 is 0 Å². The molecule has 0 aliphatic heterocycles. The molecule has 0 bridgehead atoms. The molecule has 4 nitrogen and oxygen atoms in total. The van der Waals surface area contributed by atoms with Crippen LogP contribution in [-0.4, -0.2) is 30.0 Å². The van der Waals surface area contributed by atoms with Crippen LogP contribution in [-0.2, 0) is 4.74 Å². The van der Waals surface area contributed by atoms with E-state index in [4.69, 9.17) is 10.3 Å². The number of ether oxygens (including phenoxy) is 1. The molecule has 0 saturated carbocycles. The highest BCUT2D eigenvalue weighted by molar-refractivity contribution is 9.10. The maximum Gasteiger partial charge on any atom is 0.364 e. The van der Waals surface area contributed by atoms with Crippen molar-refractivity contribution in [3.8, 4) is 0 Å². The van der Waals surface area contributed by atoms with E-state index in [1.165, 1.54) is 7.11 Å². The van der Waals surface area contributed by atoms with Crippen molar-refractivity contribution in [2.75, 3.05) is 13.7 Å². The molecule has 15 heavy (non-hydrogen) atoms. The Labute approximate surface area is 95.6 Å². The van der Waals surface area contributed by atoms with Crippen LogP contribution in [0.1, 0.15) is 10.4 Å². The largest absolute Gasteiger partial charge is 0.372 e. The van der Waals surface area contributed by atoms with Gasteiger partial charge in [-0.1, -0.05) is 28.1 Å². The van der Waals surface area contributed by atoms with E-state index in [1.54, 1.807) is 18.2 Å². The third-order valence-corrected chi connectivity index (χ3v) is 2.24. The molecule has 0 amide bonds. The van der Waals surface area contributed by atoms with Gasteiger partial charge < -0.3 is 10.3 Å². The van der Waals surface area contributed by atoms with E-state index in [0.717, 1.165) is 4.47 Å². The maximum atomic E-state index is 11.7. The van der Waals surface area contributed by atoms with Gasteiger partial charge in [0.2, 0.25) is 0 Å². The second kappa shape index (κ2) is 5.56. The van der Waals surface area contributed by atoms with Crippen LogP contribution in [0.15, 0.2) is 28.7 Å². The summed E-state index contributed by atoms with van der Waals surface area (Å²) in [4.78, 5) is 14.6. The normalized spacial score (nSPS) is 9.47. The molecule has 0 saturated heterocycles. The SMILES string of the molecule is COCC(=[N+]=[N-])C(=O)c1cccc(Br)c1. The lowest BCUT2D eigenvalue weighted by atomic mass is 10.1. The van der Waals surface area contributed by atoms with Gasteiger partial charge in [-0.15, -0.1) is 0 Å². The topological polar surface area (TPSA) is 62.7 Å². The van der Waals surface area contributed by atoms with Crippen molar-refractivity contribution in [3.63, 3.8) is 0 Å². The van der Waals surface area contributed by atoms with Crippen molar-refractivity contribution in [2.45, 2.75) is 0 Å². The van der Waals surface area contributed by atoms with Gasteiger partial charge in [-0.05, 0) is 12.1 Å². The zero-order valence-corrected chi connectivity index (χ0v) is 9.69. The van der Waals surface area contributed by atoms with Gasteiger partial charge in [-0.25, -0.2) is 0 Å². The number of benzene rings is 1. The zero-order valence-electron chi connectivity index (χ0n) is 8.11. The molecule has 0 heterocycles. The van der Waals surface area contributed by atoms with Crippen molar-refractivity contribution in [1.82, 2.24) is 0 Å². The lowest BCUT2D eigenvalue weighted by Gasteiger charge is -1.97. The first-order chi connectivity index (χ1) is 7.19. The second-order valence-electron chi connectivity index (χ2n) is 2.82. The molecular formula is C10H9BrN2O2. The third-order valence-electron chi connectivity index (χ3n) is 1.75. The Morgan fingerprint density at radius 3 is 2.87 bits per heavy atom. The Balaban J connectivity index is 2.98. The lowest BCUT2D eigenvalue weighted by molar-refractivity contribution is -0.0151. The number of hydrogen-bond donors (Lipinski definition) is 0. The van der Waals surface area contributed by atoms with Crippen molar-refractivity contribution >= 4 is 27.4 Å². The Kier molecular flexibility index (Phi) is 4.37. The van der Waals surface area contributed by atoms with E-state index in [2.05, 4.69) is 20.7 Å². The number of rotatable bonds is 4. The summed E-state index contributed by atoms with van der Waals surface area (Å²) >= 11 is 3.25. The molecule has 1 rings (SSSR count). The number of ketones is 1. The number of methoxy groups -OCH3 is 1. The summed E-state index contributed by atoms with van der Waals surface area (Å²) in [5.41, 5.74) is 9.07. The van der Waals surface area contributed by atoms with Gasteiger partial charge in [0.1, 0.15) is 0 Å². The summed E-state index contributed by atoms with van der Waals surface area (Å²) in [5, 5.41) is 0. The smallest absolute Gasteiger partial charge is 0.364 e. The molecule has 0 N–H and O–H groups in total. The van der Waals surface area contributed by atoms with Gasteiger partial charge in [0.25, 0.3) is 5.78 Å². The van der Waals surface area contributed by atoms with Crippen molar-refractivity contribution in [1.29, 1.82) is 0 Å². The van der Waals surface area contributed by atoms with Crippen LogP contribution in [0.25, 0.3) is 5.53 Å². The van der Waals surface area contributed by atoms with Crippen molar-refractivity contribution < 1.29 is 14.3 Å². The number of halogens is 1. The number of nitrogens with zero attached hydrogens (tertiary/aromatic N) is 2. The van der Waals surface area contributed by atoms with Gasteiger partial charge in [-0.2, -0.15) is 4.79 Å². The second-order valence-corrected chi connectivity index (χ2v) is 3.73. The highest BCUT2D eigenvalue weighted by Crippen LogP contribution is 2.12. The minimum atomic E-state index is -0.347. The number of Topliss-reactive ketones (excluding diaryl/α,β-unsaturated/α-hetero) is 1. The summed E-state index contributed by atoms with van der Waals surface area (Å²) in [6.45, 7) is -0.0121. The van der Waals surface area contributed by atoms with Gasteiger partial charge >= 0.3 is 5.71 Å². The van der Waals surface area contributed by atoms with Crippen molar-refractivity contribution in [2.24, 2.45) is 0 Å². The molecule has 1 aromatic rings. The molecule has 0 aliphatic carbocycles. The lowest BCUT2D eigenvalue weighted by Crippen LogP contribution is -2.20. The van der Waals surface area contributed by atoms with Crippen molar-refractivity contribution in [3.05, 3.63) is 39.8 Å². The minimum Gasteiger partial charge on any atom is -0.372 e. The van der Waals surface area contributed by atoms with Gasteiger partial charge in [-0.3, -0.25) is 4.79 Å². The highest BCUT2D eigenvalue weighted by Gasteiger charge is 2.21. The Hall–Kier alpha value is -1.29. The summed E-state index contributed by atoms with van der Waals surface area (Å²) in [6.07, 6.45) is 0. The van der Waals surface area contributed by atoms with E-state index in [0.29, 0.717) is 5.56 Å². The van der Waals surface area contributed by atoms with Gasteiger partial charge in [0, 0.05) is 17.1 Å². The Morgan fingerprint density at radius 2 is 2.33 bits per heavy atom. The van der Waals surface area contributed by atoms with E-state index < -0.39 is 0 Å². The molecule has 0 unspecified atom stereocenters. The van der Waals surface area contributed by atoms with E-state index in [1.807, 2.05) is 6.07 Å². The first-order valence-corrected chi connectivity index (χ1v) is 4.98. The van der Waals surface area contributed by atoms with Crippen LogP contribution in [0.3, 0.4) is 0 Å². The Bertz CT molecular complexity index is 425. The van der Waals surface area contributed by atoms with E-state index in [-0.39, 0.29) is 18.1 Å². The fourth-order valence-corrected chi connectivity index (χ4v) is 1.47. The molecule has 0 aliphatic rings. The molecule has 0 atom stereocenters. The molecule has 1 aromatic carbocycles. The monoisotopic (exact) mass is 268 g/mol. The fraction of sp³-hybridized carbons (Fsp3) is 0.200. The standard InChI is InChI=1S/C10H9BrN2O2/c1-15-6-9(13-12)10(14)7-3-2-4-8(11)5-7/h2-5H,6H2,1H3. The van der Waals surface area contributed by atoms with E-state index in [9.17, 15) is 4.79 Å². The van der Waals surface area contributed by atoms with E-state index >= 15 is 0 Å². The first-order valence-electron chi connectivity index (χ1n) is 4.19. The predicted molar refractivity (Wildman–Crippen MR) is 59.0 cm³/mol. The number of carbonyl (C=O) groups is 1. The zero-order chi connectivity index (χ0) is 11.3. The van der Waals surface area contributed by atoms with Crippen LogP contribution in [0.4, 0.5) is 0 Å². The fourth-order valence-electron chi connectivity index (χ4n) is 1.07. The van der Waals surface area contributed by atoms with Crippen LogP contribution in [0.2, 0.25) is 0 Å². The number of carbonyl (C=O) groups excluding carboxylic acids is 1. The molecule has 0 radical (unpaired) electrons. The molecule has 5 heteroatoms. The first kappa shape index (κ1) is 11.8. The highest BCUT2D eigenvalue weighted by atomic mass is 79.9.